The van der Waals surface area contributed by atoms with E-state index in [0.717, 1.165) is 37.8 Å². The van der Waals surface area contributed by atoms with E-state index in [1.54, 1.807) is 12.1 Å². The highest BCUT2D eigenvalue weighted by Crippen LogP contribution is 2.29. The number of hydrogen-bond acceptors (Lipinski definition) is 4. The molecule has 1 heterocycles. The van der Waals surface area contributed by atoms with Crippen LogP contribution in [0.2, 0.25) is 5.02 Å². The van der Waals surface area contributed by atoms with Gasteiger partial charge in [-0.25, -0.2) is 0 Å². The zero-order chi connectivity index (χ0) is 15.4. The van der Waals surface area contributed by atoms with Crippen molar-refractivity contribution in [3.63, 3.8) is 0 Å². The highest BCUT2D eigenvalue weighted by molar-refractivity contribution is 6.30. The van der Waals surface area contributed by atoms with E-state index >= 15 is 0 Å². The van der Waals surface area contributed by atoms with Gasteiger partial charge < -0.3 is 14.7 Å². The van der Waals surface area contributed by atoms with Crippen molar-refractivity contribution >= 4 is 11.6 Å². The number of rotatable bonds is 7. The lowest BCUT2D eigenvalue weighted by atomic mass is 10.2. The van der Waals surface area contributed by atoms with Crippen molar-refractivity contribution < 1.29 is 9.84 Å². The van der Waals surface area contributed by atoms with E-state index in [9.17, 15) is 5.11 Å². The Bertz CT molecular complexity index is 456. The molecule has 1 saturated heterocycles. The fraction of sp³-hybridized carbons (Fsp3) is 0.647. The van der Waals surface area contributed by atoms with Crippen molar-refractivity contribution in [2.45, 2.75) is 18.9 Å². The molecule has 1 aromatic carbocycles. The molecule has 5 heteroatoms. The van der Waals surface area contributed by atoms with Crippen LogP contribution in [0.25, 0.3) is 0 Å². The average molecular weight is 325 g/mol. The Morgan fingerprint density at radius 2 is 1.73 bits per heavy atom. The van der Waals surface area contributed by atoms with Crippen LogP contribution in [0, 0.1) is 5.92 Å². The zero-order valence-corrected chi connectivity index (χ0v) is 13.7. The standard InChI is InChI=1S/C17H25ClN2O2/c18-15-3-5-17(6-4-15)22-13-16(21)12-20-9-7-19(8-10-20)11-14-1-2-14/h3-6,14,16,21H,1-2,7-13H2. The molecule has 1 aromatic rings. The summed E-state index contributed by atoms with van der Waals surface area (Å²) in [4.78, 5) is 4.89. The fourth-order valence-corrected chi connectivity index (χ4v) is 3.02. The molecule has 1 aliphatic carbocycles. The van der Waals surface area contributed by atoms with Crippen molar-refractivity contribution in [3.8, 4) is 5.75 Å². The summed E-state index contributed by atoms with van der Waals surface area (Å²) in [6.07, 6.45) is 2.38. The molecule has 1 atom stereocenters. The van der Waals surface area contributed by atoms with Crippen LogP contribution in [0.1, 0.15) is 12.8 Å². The fourth-order valence-electron chi connectivity index (χ4n) is 2.89. The van der Waals surface area contributed by atoms with Gasteiger partial charge in [0.1, 0.15) is 18.5 Å². The molecule has 0 radical (unpaired) electrons. The molecule has 0 amide bonds. The minimum atomic E-state index is -0.453. The van der Waals surface area contributed by atoms with Crippen LogP contribution in [0.4, 0.5) is 0 Å². The molecule has 1 saturated carbocycles. The van der Waals surface area contributed by atoms with E-state index in [4.69, 9.17) is 16.3 Å². The van der Waals surface area contributed by atoms with Crippen molar-refractivity contribution in [1.29, 1.82) is 0 Å². The van der Waals surface area contributed by atoms with E-state index < -0.39 is 6.10 Å². The molecule has 2 fully saturated rings. The minimum absolute atomic E-state index is 0.323. The molecular formula is C17H25ClN2O2. The zero-order valence-electron chi connectivity index (χ0n) is 13.0. The maximum Gasteiger partial charge on any atom is 0.119 e. The molecule has 122 valence electrons. The molecule has 0 bridgehead atoms. The third kappa shape index (κ3) is 5.13. The van der Waals surface area contributed by atoms with Crippen LogP contribution >= 0.6 is 11.6 Å². The van der Waals surface area contributed by atoms with Gasteiger partial charge in [0.2, 0.25) is 0 Å². The summed E-state index contributed by atoms with van der Waals surface area (Å²) in [7, 11) is 0. The molecule has 0 aromatic heterocycles. The highest BCUT2D eigenvalue weighted by atomic mass is 35.5. The minimum Gasteiger partial charge on any atom is -0.491 e. The monoisotopic (exact) mass is 324 g/mol. The summed E-state index contributed by atoms with van der Waals surface area (Å²) in [5, 5.41) is 10.8. The number of halogens is 1. The molecular weight excluding hydrogens is 300 g/mol. The van der Waals surface area contributed by atoms with Crippen molar-refractivity contribution in [1.82, 2.24) is 9.80 Å². The number of piperazine rings is 1. The first-order valence-electron chi connectivity index (χ1n) is 8.20. The summed E-state index contributed by atoms with van der Waals surface area (Å²) in [5.41, 5.74) is 0. The number of nitrogens with zero attached hydrogens (tertiary/aromatic N) is 2. The van der Waals surface area contributed by atoms with Crippen LogP contribution in [0.5, 0.6) is 5.75 Å². The van der Waals surface area contributed by atoms with E-state index in [2.05, 4.69) is 9.80 Å². The maximum atomic E-state index is 10.1. The van der Waals surface area contributed by atoms with Gasteiger partial charge in [-0.15, -0.1) is 0 Å². The smallest absolute Gasteiger partial charge is 0.119 e. The first-order valence-corrected chi connectivity index (χ1v) is 8.58. The van der Waals surface area contributed by atoms with Crippen LogP contribution in [-0.2, 0) is 0 Å². The number of benzene rings is 1. The Kier molecular flexibility index (Phi) is 5.58. The predicted octanol–water partition coefficient (Wildman–Crippen LogP) is 2.11. The highest BCUT2D eigenvalue weighted by Gasteiger charge is 2.26. The number of aliphatic hydroxyl groups is 1. The Morgan fingerprint density at radius 1 is 1.09 bits per heavy atom. The first-order chi connectivity index (χ1) is 10.7. The predicted molar refractivity (Wildman–Crippen MR) is 88.6 cm³/mol. The Labute approximate surface area is 137 Å². The quantitative estimate of drug-likeness (QED) is 0.833. The normalized spacial score (nSPS) is 21.7. The molecule has 3 rings (SSSR count). The molecule has 4 nitrogen and oxygen atoms in total. The first kappa shape index (κ1) is 16.1. The summed E-state index contributed by atoms with van der Waals surface area (Å²) < 4.78 is 5.60. The van der Waals surface area contributed by atoms with E-state index in [1.165, 1.54) is 19.4 Å². The van der Waals surface area contributed by atoms with Crippen molar-refractivity contribution in [2.24, 2.45) is 5.92 Å². The Hall–Kier alpha value is -0.810. The van der Waals surface area contributed by atoms with E-state index in [0.29, 0.717) is 18.2 Å². The second-order valence-electron chi connectivity index (χ2n) is 6.46. The third-order valence-corrected chi connectivity index (χ3v) is 4.66. The van der Waals surface area contributed by atoms with Gasteiger partial charge in [0, 0.05) is 44.3 Å². The topological polar surface area (TPSA) is 35.9 Å². The van der Waals surface area contributed by atoms with Crippen LogP contribution in [-0.4, -0.2) is 66.9 Å². The van der Waals surface area contributed by atoms with Crippen molar-refractivity contribution in [3.05, 3.63) is 29.3 Å². The SMILES string of the molecule is OC(COc1ccc(Cl)cc1)CN1CCN(CC2CC2)CC1. The second-order valence-corrected chi connectivity index (χ2v) is 6.90. The second kappa shape index (κ2) is 7.64. The Morgan fingerprint density at radius 3 is 2.36 bits per heavy atom. The van der Waals surface area contributed by atoms with Gasteiger partial charge in [-0.1, -0.05) is 11.6 Å². The summed E-state index contributed by atoms with van der Waals surface area (Å²) in [5.74, 6) is 1.71. The molecule has 1 unspecified atom stereocenters. The molecule has 1 N–H and O–H groups in total. The molecule has 0 spiro atoms. The number of β-amino-alcohol motifs (C(OH)–C–C–N with tert-alkyl or cyclic N) is 1. The lowest BCUT2D eigenvalue weighted by Gasteiger charge is -2.35. The number of aliphatic hydroxyl groups excluding tert-OH is 1. The lowest BCUT2D eigenvalue weighted by Crippen LogP contribution is -2.49. The van der Waals surface area contributed by atoms with Crippen LogP contribution in [0.15, 0.2) is 24.3 Å². The van der Waals surface area contributed by atoms with Gasteiger partial charge >= 0.3 is 0 Å². The van der Waals surface area contributed by atoms with Crippen molar-refractivity contribution in [2.75, 3.05) is 45.9 Å². The Balaban J connectivity index is 1.33. The van der Waals surface area contributed by atoms with Gasteiger partial charge in [-0.2, -0.15) is 0 Å². The molecule has 1 aliphatic heterocycles. The summed E-state index contributed by atoms with van der Waals surface area (Å²) in [6, 6.07) is 7.24. The van der Waals surface area contributed by atoms with Gasteiger partial charge in [-0.05, 0) is 43.0 Å². The van der Waals surface area contributed by atoms with Gasteiger partial charge in [0.25, 0.3) is 0 Å². The third-order valence-electron chi connectivity index (χ3n) is 4.40. The van der Waals surface area contributed by atoms with Gasteiger partial charge in [-0.3, -0.25) is 4.90 Å². The van der Waals surface area contributed by atoms with E-state index in [-0.39, 0.29) is 0 Å². The number of ether oxygens (including phenoxy) is 1. The van der Waals surface area contributed by atoms with Gasteiger partial charge in [0.15, 0.2) is 0 Å². The maximum absolute atomic E-state index is 10.1. The molecule has 2 aliphatic rings. The van der Waals surface area contributed by atoms with Crippen LogP contribution in [0.3, 0.4) is 0 Å². The lowest BCUT2D eigenvalue weighted by molar-refractivity contribution is 0.0452. The summed E-state index contributed by atoms with van der Waals surface area (Å²) >= 11 is 5.83. The largest absolute Gasteiger partial charge is 0.491 e. The average Bonchev–Trinajstić information content (AvgIpc) is 3.33. The van der Waals surface area contributed by atoms with Gasteiger partial charge in [0.05, 0.1) is 0 Å². The molecule has 22 heavy (non-hydrogen) atoms. The number of hydrogen-bond donors (Lipinski definition) is 1. The van der Waals surface area contributed by atoms with Crippen LogP contribution < -0.4 is 4.74 Å². The summed E-state index contributed by atoms with van der Waals surface area (Å²) in [6.45, 7) is 6.63. The van der Waals surface area contributed by atoms with E-state index in [1.807, 2.05) is 12.1 Å².